The second kappa shape index (κ2) is 9.09. The highest BCUT2D eigenvalue weighted by Gasteiger charge is 2.17. The molecule has 0 bridgehead atoms. The molecule has 21 heavy (non-hydrogen) atoms. The van der Waals surface area contributed by atoms with E-state index >= 15 is 0 Å². The molecule has 1 N–H and O–H groups in total. The second-order valence-electron chi connectivity index (χ2n) is 6.37. The molecule has 0 aliphatic heterocycles. The lowest BCUT2D eigenvalue weighted by atomic mass is 9.95. The van der Waals surface area contributed by atoms with Gasteiger partial charge in [-0.05, 0) is 55.8 Å². The number of aryl methyl sites for hydroxylation is 1. The van der Waals surface area contributed by atoms with E-state index in [4.69, 9.17) is 4.74 Å². The summed E-state index contributed by atoms with van der Waals surface area (Å²) in [6, 6.07) is 9.20. The summed E-state index contributed by atoms with van der Waals surface area (Å²) in [5.41, 5.74) is 1.42. The molecule has 0 heterocycles. The van der Waals surface area contributed by atoms with Gasteiger partial charge in [0.1, 0.15) is 5.75 Å². The van der Waals surface area contributed by atoms with Gasteiger partial charge in [0.05, 0.1) is 7.11 Å². The maximum atomic E-state index is 5.22. The Bertz CT molecular complexity index is 381. The van der Waals surface area contributed by atoms with Gasteiger partial charge in [-0.15, -0.1) is 0 Å². The summed E-state index contributed by atoms with van der Waals surface area (Å²) in [5, 5.41) is 3.67. The zero-order valence-electron chi connectivity index (χ0n) is 13.7. The summed E-state index contributed by atoms with van der Waals surface area (Å²) in [7, 11) is 1.72. The van der Waals surface area contributed by atoms with Crippen molar-refractivity contribution in [2.45, 2.75) is 64.3 Å². The highest BCUT2D eigenvalue weighted by molar-refractivity contribution is 5.27. The highest BCUT2D eigenvalue weighted by atomic mass is 16.5. The van der Waals surface area contributed by atoms with Crippen LogP contribution in [0.5, 0.6) is 5.75 Å². The van der Waals surface area contributed by atoms with Gasteiger partial charge in [-0.1, -0.05) is 44.7 Å². The van der Waals surface area contributed by atoms with E-state index in [0.29, 0.717) is 6.04 Å². The molecule has 0 radical (unpaired) electrons. The Labute approximate surface area is 130 Å². The van der Waals surface area contributed by atoms with Crippen LogP contribution in [0.2, 0.25) is 0 Å². The smallest absolute Gasteiger partial charge is 0.118 e. The first-order chi connectivity index (χ1) is 10.3. The number of hydrogen-bond donors (Lipinski definition) is 1. The first-order valence-corrected chi connectivity index (χ1v) is 8.68. The van der Waals surface area contributed by atoms with E-state index in [1.165, 1.54) is 50.5 Å². The number of methoxy groups -OCH3 is 1. The quantitative estimate of drug-likeness (QED) is 0.718. The molecule has 1 unspecified atom stereocenters. The largest absolute Gasteiger partial charge is 0.497 e. The van der Waals surface area contributed by atoms with Crippen LogP contribution in [0, 0.1) is 5.92 Å². The SMILES string of the molecule is CCNC(CCc1ccc(OC)cc1)CCC1CCCC1. The van der Waals surface area contributed by atoms with Crippen molar-refractivity contribution >= 4 is 0 Å². The number of nitrogens with one attached hydrogen (secondary N) is 1. The monoisotopic (exact) mass is 289 g/mol. The topological polar surface area (TPSA) is 21.3 Å². The van der Waals surface area contributed by atoms with Gasteiger partial charge in [-0.3, -0.25) is 0 Å². The van der Waals surface area contributed by atoms with Gasteiger partial charge in [0.15, 0.2) is 0 Å². The second-order valence-corrected chi connectivity index (χ2v) is 6.37. The van der Waals surface area contributed by atoms with Crippen LogP contribution in [-0.2, 0) is 6.42 Å². The summed E-state index contributed by atoms with van der Waals surface area (Å²) in [6.45, 7) is 3.30. The lowest BCUT2D eigenvalue weighted by Gasteiger charge is -2.20. The maximum Gasteiger partial charge on any atom is 0.118 e. The molecule has 1 aliphatic carbocycles. The predicted molar refractivity (Wildman–Crippen MR) is 90.0 cm³/mol. The van der Waals surface area contributed by atoms with Crippen molar-refractivity contribution in [3.63, 3.8) is 0 Å². The zero-order valence-corrected chi connectivity index (χ0v) is 13.7. The first-order valence-electron chi connectivity index (χ1n) is 8.68. The summed E-state index contributed by atoms with van der Waals surface area (Å²) >= 11 is 0. The third-order valence-electron chi connectivity index (χ3n) is 4.83. The maximum absolute atomic E-state index is 5.22. The molecule has 2 rings (SSSR count). The van der Waals surface area contributed by atoms with Gasteiger partial charge in [-0.25, -0.2) is 0 Å². The molecular formula is C19H31NO. The Morgan fingerprint density at radius 1 is 1.14 bits per heavy atom. The molecule has 0 saturated heterocycles. The Morgan fingerprint density at radius 2 is 1.86 bits per heavy atom. The average molecular weight is 289 g/mol. The van der Waals surface area contributed by atoms with E-state index in [1.54, 1.807) is 7.11 Å². The van der Waals surface area contributed by atoms with Crippen LogP contribution >= 0.6 is 0 Å². The minimum Gasteiger partial charge on any atom is -0.497 e. The van der Waals surface area contributed by atoms with Crippen LogP contribution in [0.3, 0.4) is 0 Å². The van der Waals surface area contributed by atoms with Crippen molar-refractivity contribution < 1.29 is 4.74 Å². The van der Waals surface area contributed by atoms with Crippen LogP contribution in [-0.4, -0.2) is 19.7 Å². The van der Waals surface area contributed by atoms with Crippen LogP contribution in [0.15, 0.2) is 24.3 Å². The molecule has 2 heteroatoms. The van der Waals surface area contributed by atoms with E-state index in [2.05, 4.69) is 36.5 Å². The van der Waals surface area contributed by atoms with Gasteiger partial charge >= 0.3 is 0 Å². The number of rotatable bonds is 9. The molecule has 1 aliphatic rings. The number of benzene rings is 1. The highest BCUT2D eigenvalue weighted by Crippen LogP contribution is 2.29. The summed E-state index contributed by atoms with van der Waals surface area (Å²) in [6.07, 6.45) is 11.0. The van der Waals surface area contributed by atoms with E-state index < -0.39 is 0 Å². The third kappa shape index (κ3) is 5.70. The Morgan fingerprint density at radius 3 is 2.48 bits per heavy atom. The summed E-state index contributed by atoms with van der Waals surface area (Å²) in [4.78, 5) is 0. The van der Waals surface area contributed by atoms with Crippen molar-refractivity contribution in [3.8, 4) is 5.75 Å². The lowest BCUT2D eigenvalue weighted by molar-refractivity contribution is 0.394. The van der Waals surface area contributed by atoms with E-state index in [1.807, 2.05) is 0 Å². The van der Waals surface area contributed by atoms with Gasteiger partial charge in [0.25, 0.3) is 0 Å². The molecule has 2 nitrogen and oxygen atoms in total. The lowest BCUT2D eigenvalue weighted by Crippen LogP contribution is -2.29. The molecule has 1 aromatic carbocycles. The fourth-order valence-electron chi connectivity index (χ4n) is 3.51. The molecule has 118 valence electrons. The predicted octanol–water partition coefficient (Wildman–Crippen LogP) is 4.58. The van der Waals surface area contributed by atoms with Gasteiger partial charge in [-0.2, -0.15) is 0 Å². The third-order valence-corrected chi connectivity index (χ3v) is 4.83. The van der Waals surface area contributed by atoms with E-state index in [-0.39, 0.29) is 0 Å². The van der Waals surface area contributed by atoms with E-state index in [9.17, 15) is 0 Å². The summed E-state index contributed by atoms with van der Waals surface area (Å²) in [5.74, 6) is 1.95. The van der Waals surface area contributed by atoms with Crippen LogP contribution in [0.4, 0.5) is 0 Å². The molecule has 0 amide bonds. The minimum atomic E-state index is 0.678. The summed E-state index contributed by atoms with van der Waals surface area (Å²) < 4.78 is 5.22. The number of ether oxygens (including phenoxy) is 1. The van der Waals surface area contributed by atoms with Crippen LogP contribution in [0.25, 0.3) is 0 Å². The van der Waals surface area contributed by atoms with Crippen molar-refractivity contribution in [1.29, 1.82) is 0 Å². The molecule has 1 fully saturated rings. The molecule has 0 aromatic heterocycles. The zero-order chi connectivity index (χ0) is 14.9. The van der Waals surface area contributed by atoms with Crippen molar-refractivity contribution in [2.24, 2.45) is 5.92 Å². The van der Waals surface area contributed by atoms with Crippen molar-refractivity contribution in [1.82, 2.24) is 5.32 Å². The molecule has 1 aromatic rings. The van der Waals surface area contributed by atoms with Gasteiger partial charge in [0.2, 0.25) is 0 Å². The molecular weight excluding hydrogens is 258 g/mol. The Balaban J connectivity index is 1.75. The number of hydrogen-bond acceptors (Lipinski definition) is 2. The normalized spacial score (nSPS) is 17.0. The molecule has 1 atom stereocenters. The van der Waals surface area contributed by atoms with Crippen LogP contribution in [0.1, 0.15) is 57.4 Å². The Kier molecular flexibility index (Phi) is 7.08. The fraction of sp³-hybridized carbons (Fsp3) is 0.684. The van der Waals surface area contributed by atoms with Crippen molar-refractivity contribution in [3.05, 3.63) is 29.8 Å². The van der Waals surface area contributed by atoms with E-state index in [0.717, 1.165) is 24.6 Å². The molecule has 0 spiro atoms. The first kappa shape index (κ1) is 16.4. The van der Waals surface area contributed by atoms with Crippen molar-refractivity contribution in [2.75, 3.05) is 13.7 Å². The average Bonchev–Trinajstić information content (AvgIpc) is 3.04. The molecule has 1 saturated carbocycles. The van der Waals surface area contributed by atoms with Gasteiger partial charge in [0, 0.05) is 6.04 Å². The standard InChI is InChI=1S/C19H31NO/c1-3-20-18(12-8-16-6-4-5-7-16)13-9-17-10-14-19(21-2)15-11-17/h10-11,14-16,18,20H,3-9,12-13H2,1-2H3. The fourth-order valence-corrected chi connectivity index (χ4v) is 3.51. The van der Waals surface area contributed by atoms with Crippen LogP contribution < -0.4 is 10.1 Å². The minimum absolute atomic E-state index is 0.678. The van der Waals surface area contributed by atoms with Gasteiger partial charge < -0.3 is 10.1 Å². The Hall–Kier alpha value is -1.02.